The normalized spacial score (nSPS) is 16.8. The molecule has 0 spiro atoms. The predicted molar refractivity (Wildman–Crippen MR) is 124 cm³/mol. The van der Waals surface area contributed by atoms with Crippen LogP contribution in [0, 0.1) is 0 Å². The molecule has 2 N–H and O–H groups in total. The number of nitrogen functional groups attached to an aromatic ring is 1. The second kappa shape index (κ2) is 8.61. The number of carbonyl (C=O) groups excluding carboxylic acids is 2. The van der Waals surface area contributed by atoms with E-state index >= 15 is 0 Å². The Balaban J connectivity index is 1.94. The smallest absolute Gasteiger partial charge is 0.416 e. The van der Waals surface area contributed by atoms with Gasteiger partial charge in [0.15, 0.2) is 0 Å². The zero-order chi connectivity index (χ0) is 23.8. The van der Waals surface area contributed by atoms with E-state index in [0.717, 1.165) is 0 Å². The maximum Gasteiger partial charge on any atom is 0.416 e. The molecule has 3 rings (SSSR count). The Hall–Kier alpha value is -2.81. The Morgan fingerprint density at radius 1 is 1.16 bits per heavy atom. The number of rotatable bonds is 2. The highest BCUT2D eigenvalue weighted by molar-refractivity contribution is 6.30. The number of carbonyl (C=O) groups is 2. The molecule has 10 heteroatoms. The molecule has 1 aliphatic rings. The van der Waals surface area contributed by atoms with Gasteiger partial charge in [0.1, 0.15) is 28.0 Å². The zero-order valence-corrected chi connectivity index (χ0v) is 20.1. The summed E-state index contributed by atoms with van der Waals surface area (Å²) in [5.41, 5.74) is 4.65. The third-order valence-corrected chi connectivity index (χ3v) is 4.91. The number of nitrogens with zero attached hydrogens (tertiary/aromatic N) is 4. The molecule has 174 valence electrons. The Bertz CT molecular complexity index is 1030. The fourth-order valence-electron chi connectivity index (χ4n) is 3.45. The molecule has 1 aliphatic heterocycles. The van der Waals surface area contributed by atoms with Crippen LogP contribution >= 0.6 is 11.6 Å². The van der Waals surface area contributed by atoms with E-state index in [1.54, 1.807) is 44.0 Å². The highest BCUT2D eigenvalue weighted by atomic mass is 35.5. The molecule has 0 unspecified atom stereocenters. The molecule has 1 atom stereocenters. The first kappa shape index (κ1) is 23.8. The first-order valence-corrected chi connectivity index (χ1v) is 10.8. The monoisotopic (exact) mass is 463 g/mol. The highest BCUT2D eigenvalue weighted by Gasteiger charge is 2.38. The fourth-order valence-corrected chi connectivity index (χ4v) is 3.65. The van der Waals surface area contributed by atoms with Crippen molar-refractivity contribution in [3.63, 3.8) is 0 Å². The summed E-state index contributed by atoms with van der Waals surface area (Å²) in [5.74, 6) is 0.636. The van der Waals surface area contributed by atoms with Gasteiger partial charge in [-0.05, 0) is 65.5 Å². The molecular formula is C22H30ClN5O4. The lowest BCUT2D eigenvalue weighted by Crippen LogP contribution is -2.46. The zero-order valence-electron chi connectivity index (χ0n) is 19.3. The standard InChI is InChI=1S/C22H30ClN5O4/c1-21(2,3)31-19(29)27-8-7-14(12-27)28(20(30)32-22(4,5)6)17-10-13-9-16(23)26-18(24)15(13)11-25-17/h9-11,14H,7-8,12H2,1-6H3,(H2,24,26)/t14-/m0/s1. The molecule has 9 nitrogen and oxygen atoms in total. The number of hydrogen-bond donors (Lipinski definition) is 1. The van der Waals surface area contributed by atoms with Gasteiger partial charge in [-0.3, -0.25) is 4.90 Å². The van der Waals surface area contributed by atoms with E-state index in [-0.39, 0.29) is 17.0 Å². The summed E-state index contributed by atoms with van der Waals surface area (Å²) >= 11 is 6.06. The summed E-state index contributed by atoms with van der Waals surface area (Å²) in [4.78, 5) is 37.3. The number of fused-ring (bicyclic) bond motifs is 1. The summed E-state index contributed by atoms with van der Waals surface area (Å²) in [6.07, 6.45) is 1.15. The Morgan fingerprint density at radius 3 is 2.44 bits per heavy atom. The van der Waals surface area contributed by atoms with Crippen LogP contribution < -0.4 is 10.6 Å². The van der Waals surface area contributed by atoms with Crippen LogP contribution in [0.4, 0.5) is 21.2 Å². The average molecular weight is 464 g/mol. The minimum Gasteiger partial charge on any atom is -0.444 e. The van der Waals surface area contributed by atoms with Crippen molar-refractivity contribution in [2.75, 3.05) is 23.7 Å². The Morgan fingerprint density at radius 2 is 1.81 bits per heavy atom. The molecule has 0 aliphatic carbocycles. The van der Waals surface area contributed by atoms with Crippen LogP contribution in [0.1, 0.15) is 48.0 Å². The van der Waals surface area contributed by atoms with Gasteiger partial charge in [-0.15, -0.1) is 0 Å². The minimum absolute atomic E-state index is 0.243. The molecule has 0 radical (unpaired) electrons. The fraction of sp³-hybridized carbons (Fsp3) is 0.545. The summed E-state index contributed by atoms with van der Waals surface area (Å²) in [7, 11) is 0. The summed E-state index contributed by atoms with van der Waals surface area (Å²) in [5, 5.41) is 1.57. The highest BCUT2D eigenvalue weighted by Crippen LogP contribution is 2.30. The van der Waals surface area contributed by atoms with Crippen molar-refractivity contribution in [3.8, 4) is 0 Å². The van der Waals surface area contributed by atoms with Crippen LogP contribution in [0.5, 0.6) is 0 Å². The molecule has 0 saturated carbocycles. The molecule has 3 heterocycles. The van der Waals surface area contributed by atoms with Gasteiger partial charge in [-0.2, -0.15) is 0 Å². The van der Waals surface area contributed by atoms with Crippen molar-refractivity contribution in [1.82, 2.24) is 14.9 Å². The van der Waals surface area contributed by atoms with Gasteiger partial charge in [0.2, 0.25) is 0 Å². The van der Waals surface area contributed by atoms with Crippen molar-refractivity contribution in [3.05, 3.63) is 23.5 Å². The van der Waals surface area contributed by atoms with Gasteiger partial charge in [0.25, 0.3) is 0 Å². The molecule has 1 saturated heterocycles. The van der Waals surface area contributed by atoms with Gasteiger partial charge >= 0.3 is 12.2 Å². The number of aromatic nitrogens is 2. The third-order valence-electron chi connectivity index (χ3n) is 4.72. The number of hydrogen-bond acceptors (Lipinski definition) is 7. The van der Waals surface area contributed by atoms with Crippen molar-refractivity contribution >= 4 is 46.2 Å². The lowest BCUT2D eigenvalue weighted by Gasteiger charge is -2.31. The second-order valence-corrected chi connectivity index (χ2v) is 10.2. The van der Waals surface area contributed by atoms with E-state index in [2.05, 4.69) is 9.97 Å². The number of pyridine rings is 2. The third kappa shape index (κ3) is 5.70. The first-order valence-electron chi connectivity index (χ1n) is 10.5. The molecule has 2 aromatic rings. The van der Waals surface area contributed by atoms with Gasteiger partial charge in [-0.25, -0.2) is 19.6 Å². The summed E-state index contributed by atoms with van der Waals surface area (Å²) in [6.45, 7) is 11.6. The van der Waals surface area contributed by atoms with E-state index in [0.29, 0.717) is 36.1 Å². The number of likely N-dealkylation sites (tertiary alicyclic amines) is 1. The van der Waals surface area contributed by atoms with Crippen molar-refractivity contribution in [2.45, 2.75) is 65.2 Å². The predicted octanol–water partition coefficient (Wildman–Crippen LogP) is 4.62. The van der Waals surface area contributed by atoms with Crippen LogP contribution in [0.2, 0.25) is 5.15 Å². The van der Waals surface area contributed by atoms with Crippen LogP contribution in [-0.4, -0.2) is 57.4 Å². The van der Waals surface area contributed by atoms with E-state index in [9.17, 15) is 9.59 Å². The maximum atomic E-state index is 13.2. The molecule has 0 aromatic carbocycles. The summed E-state index contributed by atoms with van der Waals surface area (Å²) in [6, 6.07) is 3.05. The van der Waals surface area contributed by atoms with Crippen LogP contribution in [0.3, 0.4) is 0 Å². The topological polar surface area (TPSA) is 111 Å². The minimum atomic E-state index is -0.701. The quantitative estimate of drug-likeness (QED) is 0.647. The molecule has 0 bridgehead atoms. The lowest BCUT2D eigenvalue weighted by molar-refractivity contribution is 0.0287. The largest absolute Gasteiger partial charge is 0.444 e. The van der Waals surface area contributed by atoms with E-state index in [4.69, 9.17) is 26.8 Å². The number of anilines is 2. The number of halogens is 1. The van der Waals surface area contributed by atoms with Gasteiger partial charge in [0, 0.05) is 24.7 Å². The summed E-state index contributed by atoms with van der Waals surface area (Å²) < 4.78 is 11.1. The van der Waals surface area contributed by atoms with E-state index < -0.39 is 23.4 Å². The molecular weight excluding hydrogens is 434 g/mol. The molecule has 32 heavy (non-hydrogen) atoms. The van der Waals surface area contributed by atoms with Gasteiger partial charge in [-0.1, -0.05) is 11.6 Å². The number of amides is 2. The van der Waals surface area contributed by atoms with Crippen LogP contribution in [-0.2, 0) is 9.47 Å². The van der Waals surface area contributed by atoms with Gasteiger partial charge < -0.3 is 20.1 Å². The Kier molecular flexibility index (Phi) is 6.42. The number of ether oxygens (including phenoxy) is 2. The average Bonchev–Trinajstić information content (AvgIpc) is 3.08. The van der Waals surface area contributed by atoms with Crippen molar-refractivity contribution < 1.29 is 19.1 Å². The first-order chi connectivity index (χ1) is 14.7. The number of nitrogens with two attached hydrogens (primary N) is 1. The Labute approximate surface area is 192 Å². The van der Waals surface area contributed by atoms with Crippen molar-refractivity contribution in [1.29, 1.82) is 0 Å². The van der Waals surface area contributed by atoms with Gasteiger partial charge in [0.05, 0.1) is 6.04 Å². The molecule has 2 amide bonds. The molecule has 1 fully saturated rings. The van der Waals surface area contributed by atoms with Crippen LogP contribution in [0.15, 0.2) is 18.3 Å². The van der Waals surface area contributed by atoms with Crippen LogP contribution in [0.25, 0.3) is 10.8 Å². The SMILES string of the molecule is CC(C)(C)OC(=O)N1CC[C@H](N(C(=O)OC(C)(C)C)c2cc3cc(Cl)nc(N)c3cn2)C1. The van der Waals surface area contributed by atoms with E-state index in [1.165, 1.54) is 4.90 Å². The molecule has 2 aromatic heterocycles. The van der Waals surface area contributed by atoms with E-state index in [1.807, 2.05) is 20.8 Å². The maximum absolute atomic E-state index is 13.2. The van der Waals surface area contributed by atoms with Crippen molar-refractivity contribution in [2.24, 2.45) is 0 Å². The lowest BCUT2D eigenvalue weighted by atomic mass is 10.1. The second-order valence-electron chi connectivity index (χ2n) is 9.81.